The summed E-state index contributed by atoms with van der Waals surface area (Å²) in [5, 5.41) is 1.14. The summed E-state index contributed by atoms with van der Waals surface area (Å²) >= 11 is 0. The number of carbonyl (C=O) groups excluding carboxylic acids is 2. The van der Waals surface area contributed by atoms with Crippen LogP contribution in [-0.2, 0) is 17.8 Å². The quantitative estimate of drug-likeness (QED) is 0.416. The van der Waals surface area contributed by atoms with E-state index in [4.69, 9.17) is 10.5 Å². The number of primary amides is 1. The first-order valence-electron chi connectivity index (χ1n) is 11.6. The Bertz CT molecular complexity index is 1310. The van der Waals surface area contributed by atoms with Crippen molar-refractivity contribution in [2.75, 3.05) is 6.54 Å². The van der Waals surface area contributed by atoms with Gasteiger partial charge in [0.15, 0.2) is 0 Å². The highest BCUT2D eigenvalue weighted by Gasteiger charge is 2.30. The minimum absolute atomic E-state index is 0.112. The molecule has 0 unspecified atom stereocenters. The van der Waals surface area contributed by atoms with Crippen LogP contribution in [0.15, 0.2) is 79.0 Å². The lowest BCUT2D eigenvalue weighted by Gasteiger charge is -2.24. The number of H-pyrrole nitrogens is 1. The highest BCUT2D eigenvalue weighted by Crippen LogP contribution is 2.30. The Kier molecular flexibility index (Phi) is 6.04. The summed E-state index contributed by atoms with van der Waals surface area (Å²) in [7, 11) is 0. The molecule has 0 saturated carbocycles. The zero-order chi connectivity index (χ0) is 23.5. The van der Waals surface area contributed by atoms with Crippen LogP contribution in [0.25, 0.3) is 22.0 Å². The number of carbonyl (C=O) groups is 2. The lowest BCUT2D eigenvalue weighted by Crippen LogP contribution is -2.37. The number of nitrogens with one attached hydrogen (secondary N) is 1. The molecule has 1 aliphatic heterocycles. The van der Waals surface area contributed by atoms with Gasteiger partial charge in [0.2, 0.25) is 5.91 Å². The Morgan fingerprint density at radius 3 is 2.53 bits per heavy atom. The number of aromatic amines is 1. The molecular weight excluding hydrogens is 426 g/mol. The Morgan fingerprint density at radius 2 is 1.76 bits per heavy atom. The average molecular weight is 454 g/mol. The van der Waals surface area contributed by atoms with Crippen LogP contribution >= 0.6 is 0 Å². The summed E-state index contributed by atoms with van der Waals surface area (Å²) in [6, 6.07) is 23.5. The van der Waals surface area contributed by atoms with Crippen LogP contribution in [-0.4, -0.2) is 34.5 Å². The highest BCUT2D eigenvalue weighted by molar-refractivity contribution is 5.93. The van der Waals surface area contributed by atoms with Gasteiger partial charge in [-0.2, -0.15) is 0 Å². The fourth-order valence-corrected chi connectivity index (χ4v) is 4.70. The molecule has 3 aromatic carbocycles. The van der Waals surface area contributed by atoms with Crippen LogP contribution in [0.3, 0.4) is 0 Å². The Morgan fingerprint density at radius 1 is 1.00 bits per heavy atom. The zero-order valence-electron chi connectivity index (χ0n) is 18.9. The second kappa shape index (κ2) is 9.43. The molecule has 1 aliphatic rings. The van der Waals surface area contributed by atoms with E-state index in [1.807, 2.05) is 53.6 Å². The number of ether oxygens (including phenoxy) is 1. The number of hydrogen-bond acceptors (Lipinski definition) is 3. The van der Waals surface area contributed by atoms with Crippen LogP contribution in [0.4, 0.5) is 4.79 Å². The van der Waals surface area contributed by atoms with Crippen LogP contribution in [0.1, 0.15) is 34.3 Å². The van der Waals surface area contributed by atoms with Crippen molar-refractivity contribution in [2.45, 2.75) is 31.9 Å². The molecule has 4 aromatic rings. The second-order valence-corrected chi connectivity index (χ2v) is 8.75. The minimum Gasteiger partial charge on any atom is -0.445 e. The maximum atomic E-state index is 12.8. The molecule has 34 heavy (non-hydrogen) atoms. The van der Waals surface area contributed by atoms with Gasteiger partial charge in [-0.1, -0.05) is 48.5 Å². The molecule has 0 spiro atoms. The van der Waals surface area contributed by atoms with Crippen molar-refractivity contribution in [1.29, 1.82) is 0 Å². The summed E-state index contributed by atoms with van der Waals surface area (Å²) in [4.78, 5) is 29.4. The molecular formula is C28H27N3O3. The van der Waals surface area contributed by atoms with Crippen LogP contribution in [0.5, 0.6) is 0 Å². The summed E-state index contributed by atoms with van der Waals surface area (Å²) in [5.41, 5.74) is 11.2. The SMILES string of the molecule is NC(=O)c1ccc(-c2ccc3[nH]cc(C[C@H]4CCCN4C(=O)OCc4ccccc4)c3c2)cc1. The van der Waals surface area contributed by atoms with Gasteiger partial charge in [-0.25, -0.2) is 4.79 Å². The van der Waals surface area contributed by atoms with Gasteiger partial charge in [0.1, 0.15) is 6.61 Å². The second-order valence-electron chi connectivity index (χ2n) is 8.75. The summed E-state index contributed by atoms with van der Waals surface area (Å²) in [5.74, 6) is -0.432. The molecule has 0 bridgehead atoms. The first kappa shape index (κ1) is 21.8. The number of amides is 2. The van der Waals surface area contributed by atoms with Crippen LogP contribution < -0.4 is 5.73 Å². The molecule has 172 valence electrons. The van der Waals surface area contributed by atoms with E-state index in [9.17, 15) is 9.59 Å². The maximum Gasteiger partial charge on any atom is 0.410 e. The van der Waals surface area contributed by atoms with Gasteiger partial charge >= 0.3 is 6.09 Å². The molecule has 1 fully saturated rings. The normalized spacial score (nSPS) is 15.5. The number of aromatic nitrogens is 1. The minimum atomic E-state index is -0.432. The molecule has 1 atom stereocenters. The predicted octanol–water partition coefficient (Wildman–Crippen LogP) is 5.28. The molecule has 1 saturated heterocycles. The Hall–Kier alpha value is -4.06. The van der Waals surface area contributed by atoms with E-state index in [1.165, 1.54) is 5.56 Å². The van der Waals surface area contributed by atoms with Gasteiger partial charge < -0.3 is 20.4 Å². The molecule has 6 heteroatoms. The standard InChI is InChI=1S/C28H27N3O3/c29-27(32)21-10-8-20(9-11-21)22-12-13-26-25(16-22)23(17-30-26)15-24-7-4-14-31(24)28(33)34-18-19-5-2-1-3-6-19/h1-3,5-6,8-13,16-17,24,30H,4,7,14-15,18H2,(H2,29,32)/t24-/m1/s1. The fraction of sp³-hybridized carbons (Fsp3) is 0.214. The lowest BCUT2D eigenvalue weighted by molar-refractivity contribution is 0.0921. The Labute approximate surface area is 198 Å². The fourth-order valence-electron chi connectivity index (χ4n) is 4.70. The number of likely N-dealkylation sites (tertiary alicyclic amines) is 1. The molecule has 0 aliphatic carbocycles. The van der Waals surface area contributed by atoms with Gasteiger partial charge in [0.05, 0.1) is 0 Å². The summed E-state index contributed by atoms with van der Waals surface area (Å²) in [6.07, 6.45) is 4.49. The zero-order valence-corrected chi connectivity index (χ0v) is 18.9. The van der Waals surface area contributed by atoms with Crippen LogP contribution in [0.2, 0.25) is 0 Å². The number of nitrogens with zero attached hydrogens (tertiary/aromatic N) is 1. The molecule has 3 N–H and O–H groups in total. The van der Waals surface area contributed by atoms with Gasteiger partial charge in [-0.15, -0.1) is 0 Å². The van der Waals surface area contributed by atoms with Gasteiger partial charge in [0, 0.05) is 35.2 Å². The third kappa shape index (κ3) is 4.53. The van der Waals surface area contributed by atoms with E-state index in [2.05, 4.69) is 23.2 Å². The molecule has 2 heterocycles. The first-order chi connectivity index (χ1) is 16.6. The third-order valence-corrected chi connectivity index (χ3v) is 6.54. The van der Waals surface area contributed by atoms with Gasteiger partial charge in [-0.05, 0) is 65.8 Å². The number of nitrogens with two attached hydrogens (primary N) is 1. The van der Waals surface area contributed by atoms with E-state index in [0.29, 0.717) is 5.56 Å². The van der Waals surface area contributed by atoms with Gasteiger partial charge in [-0.3, -0.25) is 4.79 Å². The van der Waals surface area contributed by atoms with E-state index < -0.39 is 5.91 Å². The van der Waals surface area contributed by atoms with E-state index >= 15 is 0 Å². The largest absolute Gasteiger partial charge is 0.445 e. The maximum absolute atomic E-state index is 12.8. The number of benzene rings is 3. The molecule has 0 radical (unpaired) electrons. The number of hydrogen-bond donors (Lipinski definition) is 2. The number of fused-ring (bicyclic) bond motifs is 1. The third-order valence-electron chi connectivity index (χ3n) is 6.54. The molecule has 5 rings (SSSR count). The van der Waals surface area contributed by atoms with Gasteiger partial charge in [0.25, 0.3) is 0 Å². The van der Waals surface area contributed by atoms with Crippen molar-refractivity contribution in [1.82, 2.24) is 9.88 Å². The molecule has 2 amide bonds. The van der Waals surface area contributed by atoms with Crippen molar-refractivity contribution in [3.63, 3.8) is 0 Å². The smallest absolute Gasteiger partial charge is 0.410 e. The van der Waals surface area contributed by atoms with Crippen molar-refractivity contribution in [3.8, 4) is 11.1 Å². The first-order valence-corrected chi connectivity index (χ1v) is 11.6. The van der Waals surface area contributed by atoms with E-state index in [-0.39, 0.29) is 18.7 Å². The highest BCUT2D eigenvalue weighted by atomic mass is 16.6. The average Bonchev–Trinajstić information content (AvgIpc) is 3.50. The Balaban J connectivity index is 1.32. The van der Waals surface area contributed by atoms with Crippen LogP contribution in [0, 0.1) is 0 Å². The predicted molar refractivity (Wildman–Crippen MR) is 132 cm³/mol. The van der Waals surface area contributed by atoms with Crippen molar-refractivity contribution < 1.29 is 14.3 Å². The number of rotatable bonds is 6. The van der Waals surface area contributed by atoms with E-state index in [1.54, 1.807) is 12.1 Å². The van der Waals surface area contributed by atoms with Crippen molar-refractivity contribution in [2.24, 2.45) is 5.73 Å². The van der Waals surface area contributed by atoms with E-state index in [0.717, 1.165) is 53.4 Å². The topological polar surface area (TPSA) is 88.4 Å². The monoisotopic (exact) mass is 453 g/mol. The lowest BCUT2D eigenvalue weighted by atomic mass is 9.98. The molecule has 6 nitrogen and oxygen atoms in total. The summed E-state index contributed by atoms with van der Waals surface area (Å²) < 4.78 is 5.60. The summed E-state index contributed by atoms with van der Waals surface area (Å²) in [6.45, 7) is 1.01. The van der Waals surface area contributed by atoms with Crippen molar-refractivity contribution in [3.05, 3.63) is 95.7 Å². The molecule has 1 aromatic heterocycles. The van der Waals surface area contributed by atoms with Crippen molar-refractivity contribution >= 4 is 22.9 Å².